The number of carboxylic acids is 1. The van der Waals surface area contributed by atoms with Gasteiger partial charge in [0.2, 0.25) is 0 Å². The van der Waals surface area contributed by atoms with E-state index >= 15 is 0 Å². The number of carbonyl (C=O) groups is 2. The third kappa shape index (κ3) is 3.19. The number of aryl methyl sites for hydroxylation is 2. The van der Waals surface area contributed by atoms with Gasteiger partial charge >= 0.3 is 5.97 Å². The van der Waals surface area contributed by atoms with Gasteiger partial charge in [-0.3, -0.25) is 9.59 Å². The summed E-state index contributed by atoms with van der Waals surface area (Å²) in [5.74, 6) is 0.00616. The highest BCUT2D eigenvalue weighted by Gasteiger charge is 2.29. The molecule has 0 unspecified atom stereocenters. The van der Waals surface area contributed by atoms with Crippen molar-refractivity contribution in [1.82, 2.24) is 4.90 Å². The van der Waals surface area contributed by atoms with Gasteiger partial charge in [0.1, 0.15) is 5.76 Å². The summed E-state index contributed by atoms with van der Waals surface area (Å²) >= 11 is 0. The van der Waals surface area contributed by atoms with Gasteiger partial charge in [-0.2, -0.15) is 0 Å². The Morgan fingerprint density at radius 2 is 2.25 bits per heavy atom. The number of carbonyl (C=O) groups excluding carboxylic acids is 1. The summed E-state index contributed by atoms with van der Waals surface area (Å²) in [6.07, 6.45) is 0.186. The molecule has 2 heterocycles. The van der Waals surface area contributed by atoms with Crippen molar-refractivity contribution >= 4 is 11.9 Å². The van der Waals surface area contributed by atoms with Crippen molar-refractivity contribution in [2.45, 2.75) is 32.8 Å². The molecule has 6 nitrogen and oxygen atoms in total. The number of ether oxygens (including phenoxy) is 1. The molecule has 1 N–H and O–H groups in total. The predicted octanol–water partition coefficient (Wildman–Crippen LogP) is 1.47. The van der Waals surface area contributed by atoms with E-state index in [1.54, 1.807) is 4.90 Å². The molecule has 0 aromatic carbocycles. The van der Waals surface area contributed by atoms with Crippen LogP contribution in [0.2, 0.25) is 0 Å². The lowest BCUT2D eigenvalue weighted by Gasteiger charge is -2.31. The van der Waals surface area contributed by atoms with Gasteiger partial charge in [0.05, 0.1) is 19.1 Å². The SMILES string of the molecule is CCc1cc(C)c(C(=O)N2CCO[C@H](CC(=O)O)C2)o1. The van der Waals surface area contributed by atoms with Crippen LogP contribution in [0.15, 0.2) is 10.5 Å². The fourth-order valence-corrected chi connectivity index (χ4v) is 2.30. The Hall–Kier alpha value is -1.82. The minimum absolute atomic E-state index is 0.0961. The number of aliphatic carboxylic acids is 1. The molecule has 0 spiro atoms. The van der Waals surface area contributed by atoms with E-state index in [-0.39, 0.29) is 18.9 Å². The molecule has 0 radical (unpaired) electrons. The number of morpholine rings is 1. The second kappa shape index (κ2) is 6.09. The molecule has 0 bridgehead atoms. The van der Waals surface area contributed by atoms with Crippen molar-refractivity contribution in [3.8, 4) is 0 Å². The molecule has 0 aliphatic carbocycles. The van der Waals surface area contributed by atoms with E-state index in [1.165, 1.54) is 0 Å². The third-order valence-electron chi connectivity index (χ3n) is 3.34. The molecule has 1 aliphatic heterocycles. The Bertz CT molecular complexity index is 508. The Morgan fingerprint density at radius 3 is 2.85 bits per heavy atom. The van der Waals surface area contributed by atoms with Crippen molar-refractivity contribution in [3.63, 3.8) is 0 Å². The fourth-order valence-electron chi connectivity index (χ4n) is 2.30. The smallest absolute Gasteiger partial charge is 0.306 e. The van der Waals surface area contributed by atoms with Crippen LogP contribution < -0.4 is 0 Å². The minimum Gasteiger partial charge on any atom is -0.481 e. The molecular weight excluding hydrogens is 262 g/mol. The van der Waals surface area contributed by atoms with Crippen molar-refractivity contribution in [2.24, 2.45) is 0 Å². The van der Waals surface area contributed by atoms with Crippen LogP contribution in [0, 0.1) is 6.92 Å². The Kier molecular flexibility index (Phi) is 4.44. The normalized spacial score (nSPS) is 19.1. The van der Waals surface area contributed by atoms with E-state index in [2.05, 4.69) is 0 Å². The number of hydrogen-bond acceptors (Lipinski definition) is 4. The highest BCUT2D eigenvalue weighted by atomic mass is 16.5. The zero-order valence-electron chi connectivity index (χ0n) is 11.7. The van der Waals surface area contributed by atoms with Crippen LogP contribution in [0.25, 0.3) is 0 Å². The van der Waals surface area contributed by atoms with Gasteiger partial charge in [-0.15, -0.1) is 0 Å². The Morgan fingerprint density at radius 1 is 1.50 bits per heavy atom. The summed E-state index contributed by atoms with van der Waals surface area (Å²) in [6, 6.07) is 1.86. The number of rotatable bonds is 4. The van der Waals surface area contributed by atoms with Gasteiger partial charge in [0, 0.05) is 25.1 Å². The zero-order valence-corrected chi connectivity index (χ0v) is 11.7. The summed E-state index contributed by atoms with van der Waals surface area (Å²) in [4.78, 5) is 24.7. The standard InChI is InChI=1S/C14H19NO5/c1-3-10-6-9(2)13(20-10)14(18)15-4-5-19-11(8-15)7-12(16)17/h6,11H,3-5,7-8H2,1-2H3,(H,16,17)/t11-/m1/s1. The highest BCUT2D eigenvalue weighted by Crippen LogP contribution is 2.19. The molecule has 2 rings (SSSR count). The van der Waals surface area contributed by atoms with Gasteiger partial charge in [-0.1, -0.05) is 6.92 Å². The number of carboxylic acid groups (broad SMARTS) is 1. The molecule has 1 atom stereocenters. The van der Waals surface area contributed by atoms with E-state index < -0.39 is 12.1 Å². The van der Waals surface area contributed by atoms with Crippen LogP contribution in [0.4, 0.5) is 0 Å². The molecular formula is C14H19NO5. The first kappa shape index (κ1) is 14.6. The Labute approximate surface area is 117 Å². The van der Waals surface area contributed by atoms with Crippen LogP contribution >= 0.6 is 0 Å². The molecule has 1 aromatic rings. The number of furan rings is 1. The fraction of sp³-hybridized carbons (Fsp3) is 0.571. The molecule has 6 heteroatoms. The maximum Gasteiger partial charge on any atom is 0.306 e. The van der Waals surface area contributed by atoms with Gasteiger partial charge in [-0.05, 0) is 13.0 Å². The van der Waals surface area contributed by atoms with Crippen molar-refractivity contribution in [3.05, 3.63) is 23.2 Å². The number of nitrogens with zero attached hydrogens (tertiary/aromatic N) is 1. The first-order chi connectivity index (χ1) is 9.51. The van der Waals surface area contributed by atoms with Crippen molar-refractivity contribution in [2.75, 3.05) is 19.7 Å². The van der Waals surface area contributed by atoms with Crippen LogP contribution in [-0.2, 0) is 16.0 Å². The zero-order chi connectivity index (χ0) is 14.7. The largest absolute Gasteiger partial charge is 0.481 e. The topological polar surface area (TPSA) is 80.0 Å². The highest BCUT2D eigenvalue weighted by molar-refractivity contribution is 5.93. The summed E-state index contributed by atoms with van der Waals surface area (Å²) in [6.45, 7) is 4.89. The lowest BCUT2D eigenvalue weighted by Crippen LogP contribution is -2.46. The molecule has 1 fully saturated rings. The lowest BCUT2D eigenvalue weighted by molar-refractivity contribution is -0.141. The third-order valence-corrected chi connectivity index (χ3v) is 3.34. The average Bonchev–Trinajstić information content (AvgIpc) is 2.79. The number of amides is 1. The first-order valence-corrected chi connectivity index (χ1v) is 6.73. The van der Waals surface area contributed by atoms with Gasteiger partial charge in [-0.25, -0.2) is 0 Å². The summed E-state index contributed by atoms with van der Waals surface area (Å²) in [5.41, 5.74) is 0.813. The van der Waals surface area contributed by atoms with Gasteiger partial charge in [0.15, 0.2) is 5.76 Å². The van der Waals surface area contributed by atoms with Crippen molar-refractivity contribution < 1.29 is 23.8 Å². The second-order valence-corrected chi connectivity index (χ2v) is 4.92. The van der Waals surface area contributed by atoms with E-state index in [0.717, 1.165) is 17.7 Å². The van der Waals surface area contributed by atoms with Crippen LogP contribution in [0.3, 0.4) is 0 Å². The quantitative estimate of drug-likeness (QED) is 0.904. The van der Waals surface area contributed by atoms with E-state index in [1.807, 2.05) is 19.9 Å². The van der Waals surface area contributed by atoms with Crippen LogP contribution in [0.1, 0.15) is 35.2 Å². The van der Waals surface area contributed by atoms with Gasteiger partial charge in [0.25, 0.3) is 5.91 Å². The lowest BCUT2D eigenvalue weighted by atomic mass is 10.2. The summed E-state index contributed by atoms with van der Waals surface area (Å²) < 4.78 is 10.9. The molecule has 110 valence electrons. The molecule has 1 amide bonds. The summed E-state index contributed by atoms with van der Waals surface area (Å²) in [5, 5.41) is 8.79. The number of hydrogen-bond donors (Lipinski definition) is 1. The molecule has 0 saturated carbocycles. The van der Waals surface area contributed by atoms with Crippen molar-refractivity contribution in [1.29, 1.82) is 0 Å². The van der Waals surface area contributed by atoms with E-state index in [9.17, 15) is 9.59 Å². The maximum atomic E-state index is 12.4. The van der Waals surface area contributed by atoms with E-state index in [0.29, 0.717) is 18.9 Å². The molecule has 1 saturated heterocycles. The molecule has 20 heavy (non-hydrogen) atoms. The summed E-state index contributed by atoms with van der Waals surface area (Å²) in [7, 11) is 0. The maximum absolute atomic E-state index is 12.4. The molecule has 1 aromatic heterocycles. The molecule has 1 aliphatic rings. The predicted molar refractivity (Wildman–Crippen MR) is 70.7 cm³/mol. The monoisotopic (exact) mass is 281 g/mol. The van der Waals surface area contributed by atoms with E-state index in [4.69, 9.17) is 14.3 Å². The Balaban J connectivity index is 2.07. The van der Waals surface area contributed by atoms with Crippen LogP contribution in [-0.4, -0.2) is 47.7 Å². The van der Waals surface area contributed by atoms with Crippen LogP contribution in [0.5, 0.6) is 0 Å². The first-order valence-electron chi connectivity index (χ1n) is 6.73. The second-order valence-electron chi connectivity index (χ2n) is 4.92. The average molecular weight is 281 g/mol. The minimum atomic E-state index is -0.924. The van der Waals surface area contributed by atoms with Gasteiger partial charge < -0.3 is 19.2 Å².